The Morgan fingerprint density at radius 1 is 1.28 bits per heavy atom. The number of benzene rings is 1. The van der Waals surface area contributed by atoms with E-state index in [0.29, 0.717) is 12.4 Å². The first-order valence-corrected chi connectivity index (χ1v) is 9.61. The van der Waals surface area contributed by atoms with E-state index < -0.39 is 10.0 Å². The zero-order valence-electron chi connectivity index (χ0n) is 14.0. The van der Waals surface area contributed by atoms with Crippen LogP contribution in [0.5, 0.6) is 0 Å². The van der Waals surface area contributed by atoms with E-state index in [-0.39, 0.29) is 16.4 Å². The fraction of sp³-hybridized carbons (Fsp3) is 0.250. The van der Waals surface area contributed by atoms with E-state index >= 15 is 0 Å². The monoisotopic (exact) mass is 427 g/mol. The van der Waals surface area contributed by atoms with Crippen LogP contribution in [0.1, 0.15) is 17.3 Å². The molecule has 1 heterocycles. The van der Waals surface area contributed by atoms with Gasteiger partial charge in [-0.15, -0.1) is 0 Å². The van der Waals surface area contributed by atoms with Crippen LogP contribution in [0.4, 0.5) is 5.82 Å². The molecule has 1 amide bonds. The maximum absolute atomic E-state index is 12.8. The molecule has 2 aromatic rings. The summed E-state index contributed by atoms with van der Waals surface area (Å²) in [7, 11) is -1.29. The fourth-order valence-electron chi connectivity index (χ4n) is 2.13. The van der Waals surface area contributed by atoms with Crippen molar-refractivity contribution in [1.29, 1.82) is 0 Å². The summed E-state index contributed by atoms with van der Waals surface area (Å²) >= 11 is 3.30. The van der Waals surface area contributed by atoms with Gasteiger partial charge >= 0.3 is 0 Å². The highest BCUT2D eigenvalue weighted by atomic mass is 79.9. The van der Waals surface area contributed by atoms with Gasteiger partial charge in [-0.3, -0.25) is 14.5 Å². The van der Waals surface area contributed by atoms with E-state index in [9.17, 15) is 13.2 Å². The molecule has 0 unspecified atom stereocenters. The molecule has 0 atom stereocenters. The van der Waals surface area contributed by atoms with Gasteiger partial charge in [0, 0.05) is 29.8 Å². The zero-order valence-corrected chi connectivity index (χ0v) is 16.4. The first-order valence-electron chi connectivity index (χ1n) is 7.37. The lowest BCUT2D eigenvalue weighted by molar-refractivity contribution is -0.0258. The number of hydroxylamine groups is 1. The molecule has 2 rings (SSSR count). The maximum Gasteiger partial charge on any atom is 0.264 e. The van der Waals surface area contributed by atoms with Crippen molar-refractivity contribution in [3.05, 3.63) is 52.6 Å². The number of hydrogen-bond acceptors (Lipinski definition) is 5. The molecule has 134 valence electrons. The van der Waals surface area contributed by atoms with E-state index in [1.807, 2.05) is 6.92 Å². The maximum atomic E-state index is 12.8. The van der Waals surface area contributed by atoms with Crippen LogP contribution < -0.4 is 4.90 Å². The number of nitrogens with zero attached hydrogens (tertiary/aromatic N) is 3. The highest BCUT2D eigenvalue weighted by Gasteiger charge is 2.23. The SMILES string of the molecule is CCN(C(=O)c1cccc(S(=O)(=O)N(C)OC)c1)c1ccc(Br)cn1. The van der Waals surface area contributed by atoms with Gasteiger partial charge in [0.1, 0.15) is 5.82 Å². The van der Waals surface area contributed by atoms with E-state index in [0.717, 1.165) is 8.94 Å². The third kappa shape index (κ3) is 4.24. The number of anilines is 1. The molecule has 1 aromatic heterocycles. The van der Waals surface area contributed by atoms with Gasteiger partial charge in [0.2, 0.25) is 0 Å². The molecular weight excluding hydrogens is 410 g/mol. The first-order chi connectivity index (χ1) is 11.8. The van der Waals surface area contributed by atoms with E-state index in [2.05, 4.69) is 20.9 Å². The molecule has 1 aromatic carbocycles. The Bertz CT molecular complexity index is 856. The smallest absolute Gasteiger partial charge is 0.264 e. The molecule has 9 heteroatoms. The van der Waals surface area contributed by atoms with Crippen LogP contribution in [0.2, 0.25) is 0 Å². The van der Waals surface area contributed by atoms with E-state index in [1.54, 1.807) is 24.4 Å². The number of amides is 1. The fourth-order valence-corrected chi connectivity index (χ4v) is 3.38. The lowest BCUT2D eigenvalue weighted by atomic mass is 10.2. The minimum absolute atomic E-state index is 0.0254. The Hall–Kier alpha value is -1.81. The number of rotatable bonds is 6. The Balaban J connectivity index is 2.39. The summed E-state index contributed by atoms with van der Waals surface area (Å²) in [6.45, 7) is 2.21. The summed E-state index contributed by atoms with van der Waals surface area (Å²) < 4.78 is 26.2. The van der Waals surface area contributed by atoms with Gasteiger partial charge in [-0.1, -0.05) is 10.5 Å². The average molecular weight is 428 g/mol. The van der Waals surface area contributed by atoms with Crippen molar-refractivity contribution in [3.63, 3.8) is 0 Å². The Labute approximate surface area is 155 Å². The number of carbonyl (C=O) groups is 1. The molecule has 0 saturated carbocycles. The van der Waals surface area contributed by atoms with Gasteiger partial charge < -0.3 is 0 Å². The first kappa shape index (κ1) is 19.5. The van der Waals surface area contributed by atoms with Crippen LogP contribution in [0.25, 0.3) is 0 Å². The summed E-state index contributed by atoms with van der Waals surface area (Å²) in [5.74, 6) is 0.146. The number of carbonyl (C=O) groups excluding carboxylic acids is 1. The molecule has 0 spiro atoms. The minimum atomic E-state index is -3.83. The summed E-state index contributed by atoms with van der Waals surface area (Å²) in [6, 6.07) is 9.32. The van der Waals surface area contributed by atoms with Crippen molar-refractivity contribution in [2.24, 2.45) is 0 Å². The second-order valence-electron chi connectivity index (χ2n) is 5.01. The molecule has 0 bridgehead atoms. The molecule has 0 saturated heterocycles. The lowest BCUT2D eigenvalue weighted by Crippen LogP contribution is -2.32. The average Bonchev–Trinajstić information content (AvgIpc) is 2.63. The van der Waals surface area contributed by atoms with Crippen molar-refractivity contribution < 1.29 is 18.0 Å². The molecule has 0 N–H and O–H groups in total. The van der Waals surface area contributed by atoms with Gasteiger partial charge in [0.15, 0.2) is 0 Å². The summed E-state index contributed by atoms with van der Waals surface area (Å²) in [5.41, 5.74) is 0.247. The Morgan fingerprint density at radius 2 is 2.00 bits per heavy atom. The van der Waals surface area contributed by atoms with Gasteiger partial charge in [0.05, 0.1) is 12.0 Å². The van der Waals surface area contributed by atoms with Crippen LogP contribution in [0.3, 0.4) is 0 Å². The van der Waals surface area contributed by atoms with Gasteiger partial charge in [-0.05, 0) is 53.2 Å². The van der Waals surface area contributed by atoms with Crippen molar-refractivity contribution in [3.8, 4) is 0 Å². The van der Waals surface area contributed by atoms with Crippen LogP contribution >= 0.6 is 15.9 Å². The quantitative estimate of drug-likeness (QED) is 0.661. The second kappa shape index (κ2) is 8.05. The predicted molar refractivity (Wildman–Crippen MR) is 97.7 cm³/mol. The minimum Gasteiger partial charge on any atom is -0.293 e. The summed E-state index contributed by atoms with van der Waals surface area (Å²) in [4.78, 5) is 23.2. The third-order valence-corrected chi connectivity index (χ3v) is 5.67. The van der Waals surface area contributed by atoms with Gasteiger partial charge in [0.25, 0.3) is 15.9 Å². The molecular formula is C16H18BrN3O4S. The summed E-state index contributed by atoms with van der Waals surface area (Å²) in [6.07, 6.45) is 1.60. The number of pyridine rings is 1. The van der Waals surface area contributed by atoms with Crippen molar-refractivity contribution >= 4 is 37.7 Å². The largest absolute Gasteiger partial charge is 0.293 e. The van der Waals surface area contributed by atoms with Gasteiger partial charge in [-0.2, -0.15) is 0 Å². The van der Waals surface area contributed by atoms with Crippen LogP contribution in [-0.2, 0) is 14.9 Å². The van der Waals surface area contributed by atoms with E-state index in [1.165, 1.54) is 37.3 Å². The number of aromatic nitrogens is 1. The standard InChI is InChI=1S/C16H18BrN3O4S/c1-4-20(15-9-8-13(17)11-18-15)16(21)12-6-5-7-14(10-12)25(22,23)19(2)24-3/h5-11H,4H2,1-3H3. The van der Waals surface area contributed by atoms with Crippen molar-refractivity contribution in [2.45, 2.75) is 11.8 Å². The summed E-state index contributed by atoms with van der Waals surface area (Å²) in [5, 5.41) is 0. The highest BCUT2D eigenvalue weighted by molar-refractivity contribution is 9.10. The topological polar surface area (TPSA) is 79.8 Å². The van der Waals surface area contributed by atoms with E-state index in [4.69, 9.17) is 4.84 Å². The van der Waals surface area contributed by atoms with Crippen molar-refractivity contribution in [1.82, 2.24) is 9.45 Å². The van der Waals surface area contributed by atoms with Crippen LogP contribution in [0, 0.1) is 0 Å². The Kier molecular flexibility index (Phi) is 6.28. The van der Waals surface area contributed by atoms with Crippen LogP contribution in [0.15, 0.2) is 52.0 Å². The zero-order chi connectivity index (χ0) is 18.6. The Morgan fingerprint density at radius 3 is 2.56 bits per heavy atom. The lowest BCUT2D eigenvalue weighted by Gasteiger charge is -2.20. The second-order valence-corrected chi connectivity index (χ2v) is 7.86. The number of sulfonamides is 1. The number of hydrogen-bond donors (Lipinski definition) is 0. The van der Waals surface area contributed by atoms with Crippen molar-refractivity contribution in [2.75, 3.05) is 25.6 Å². The van der Waals surface area contributed by atoms with Gasteiger partial charge in [-0.25, -0.2) is 13.4 Å². The third-order valence-electron chi connectivity index (χ3n) is 3.52. The molecule has 7 nitrogen and oxygen atoms in total. The normalized spacial score (nSPS) is 11.6. The molecule has 25 heavy (non-hydrogen) atoms. The molecule has 0 aliphatic rings. The molecule has 0 aliphatic carbocycles. The molecule has 0 radical (unpaired) electrons. The predicted octanol–water partition coefficient (Wildman–Crippen LogP) is 2.69. The molecule has 0 fully saturated rings. The molecule has 0 aliphatic heterocycles. The van der Waals surface area contributed by atoms with Crippen LogP contribution in [-0.4, -0.2) is 44.5 Å². The number of halogens is 1. The highest BCUT2D eigenvalue weighted by Crippen LogP contribution is 2.20.